The largest absolute Gasteiger partial charge is 0.374 e. The fraction of sp³-hybridized carbons (Fsp3) is 0.455. The molecule has 2 aromatic carbocycles. The summed E-state index contributed by atoms with van der Waals surface area (Å²) < 4.78 is 19.7. The standard InChI is InChI=1S/C22H27FN2O/c23-20-9-4-8-19(14-20)22-10-5-11-25(22)17-21-16-24(12-13-26-21)15-18-6-2-1-3-7-18/h1-4,6-9,14,21-22H,5,10-13,15-17H2. The molecule has 2 heterocycles. The smallest absolute Gasteiger partial charge is 0.123 e. The van der Waals surface area contributed by atoms with Gasteiger partial charge in [0.1, 0.15) is 5.82 Å². The zero-order valence-corrected chi connectivity index (χ0v) is 15.2. The third-order valence-corrected chi connectivity index (χ3v) is 5.51. The van der Waals surface area contributed by atoms with Crippen molar-refractivity contribution in [2.75, 3.05) is 32.8 Å². The number of rotatable bonds is 5. The van der Waals surface area contributed by atoms with Gasteiger partial charge >= 0.3 is 0 Å². The van der Waals surface area contributed by atoms with Crippen LogP contribution in [0, 0.1) is 5.82 Å². The van der Waals surface area contributed by atoms with Gasteiger partial charge in [-0.15, -0.1) is 0 Å². The maximum absolute atomic E-state index is 13.6. The average Bonchev–Trinajstić information content (AvgIpc) is 3.11. The first-order valence-corrected chi connectivity index (χ1v) is 9.65. The van der Waals surface area contributed by atoms with Crippen molar-refractivity contribution >= 4 is 0 Å². The molecule has 4 heteroatoms. The van der Waals surface area contributed by atoms with Crippen molar-refractivity contribution in [1.29, 1.82) is 0 Å². The summed E-state index contributed by atoms with van der Waals surface area (Å²) in [4.78, 5) is 4.96. The quantitative estimate of drug-likeness (QED) is 0.811. The molecule has 0 amide bonds. The molecule has 4 rings (SSSR count). The van der Waals surface area contributed by atoms with Crippen LogP contribution in [0.15, 0.2) is 54.6 Å². The number of benzene rings is 2. The molecule has 0 radical (unpaired) electrons. The Hall–Kier alpha value is -1.75. The molecule has 0 spiro atoms. The molecule has 3 nitrogen and oxygen atoms in total. The first kappa shape index (κ1) is 17.7. The molecule has 0 saturated carbocycles. The van der Waals surface area contributed by atoms with Crippen molar-refractivity contribution in [3.8, 4) is 0 Å². The fourth-order valence-electron chi connectivity index (χ4n) is 4.27. The summed E-state index contributed by atoms with van der Waals surface area (Å²) in [6.07, 6.45) is 2.49. The van der Waals surface area contributed by atoms with E-state index in [1.54, 1.807) is 6.07 Å². The van der Waals surface area contributed by atoms with E-state index in [9.17, 15) is 4.39 Å². The van der Waals surface area contributed by atoms with E-state index in [-0.39, 0.29) is 11.9 Å². The lowest BCUT2D eigenvalue weighted by Crippen LogP contribution is -2.47. The second-order valence-electron chi connectivity index (χ2n) is 7.42. The Morgan fingerprint density at radius 2 is 1.92 bits per heavy atom. The van der Waals surface area contributed by atoms with E-state index in [0.29, 0.717) is 6.04 Å². The normalized spacial score (nSPS) is 24.8. The molecule has 2 saturated heterocycles. The summed E-state index contributed by atoms with van der Waals surface area (Å²) in [5, 5.41) is 0. The summed E-state index contributed by atoms with van der Waals surface area (Å²) in [7, 11) is 0. The maximum Gasteiger partial charge on any atom is 0.123 e. The minimum atomic E-state index is -0.141. The third kappa shape index (κ3) is 4.32. The highest BCUT2D eigenvalue weighted by atomic mass is 19.1. The Morgan fingerprint density at radius 3 is 2.77 bits per heavy atom. The fourth-order valence-corrected chi connectivity index (χ4v) is 4.27. The Morgan fingerprint density at radius 1 is 1.04 bits per heavy atom. The minimum Gasteiger partial charge on any atom is -0.374 e. The molecule has 0 aliphatic carbocycles. The predicted molar refractivity (Wildman–Crippen MR) is 101 cm³/mol. The molecule has 2 unspecified atom stereocenters. The highest BCUT2D eigenvalue weighted by Gasteiger charge is 2.30. The van der Waals surface area contributed by atoms with E-state index in [0.717, 1.165) is 51.3 Å². The number of nitrogens with zero attached hydrogens (tertiary/aromatic N) is 2. The van der Waals surface area contributed by atoms with E-state index in [2.05, 4.69) is 46.2 Å². The number of hydrogen-bond acceptors (Lipinski definition) is 3. The summed E-state index contributed by atoms with van der Waals surface area (Å²) >= 11 is 0. The molecule has 0 N–H and O–H groups in total. The van der Waals surface area contributed by atoms with Gasteiger partial charge < -0.3 is 4.74 Å². The Balaban J connectivity index is 1.37. The van der Waals surface area contributed by atoms with Crippen molar-refractivity contribution in [3.05, 3.63) is 71.5 Å². The number of likely N-dealkylation sites (tertiary alicyclic amines) is 1. The van der Waals surface area contributed by atoms with Crippen LogP contribution in [0.5, 0.6) is 0 Å². The molecule has 26 heavy (non-hydrogen) atoms. The topological polar surface area (TPSA) is 15.7 Å². The van der Waals surface area contributed by atoms with Gasteiger partial charge in [-0.1, -0.05) is 42.5 Å². The van der Waals surface area contributed by atoms with Crippen molar-refractivity contribution in [2.24, 2.45) is 0 Å². The Bertz CT molecular complexity index is 708. The second kappa shape index (κ2) is 8.30. The number of morpholine rings is 1. The van der Waals surface area contributed by atoms with E-state index < -0.39 is 0 Å². The van der Waals surface area contributed by atoms with Crippen LogP contribution in [0.25, 0.3) is 0 Å². The van der Waals surface area contributed by atoms with E-state index in [1.165, 1.54) is 18.1 Å². The number of hydrogen-bond donors (Lipinski definition) is 0. The van der Waals surface area contributed by atoms with Gasteiger partial charge in [-0.05, 0) is 42.6 Å². The Kier molecular flexibility index (Phi) is 5.63. The molecule has 2 atom stereocenters. The van der Waals surface area contributed by atoms with Crippen LogP contribution in [-0.4, -0.2) is 48.7 Å². The monoisotopic (exact) mass is 354 g/mol. The first-order chi connectivity index (χ1) is 12.8. The van der Waals surface area contributed by atoms with Crippen molar-refractivity contribution < 1.29 is 9.13 Å². The van der Waals surface area contributed by atoms with E-state index in [1.807, 2.05) is 6.07 Å². The lowest BCUT2D eigenvalue weighted by molar-refractivity contribution is -0.0475. The van der Waals surface area contributed by atoms with E-state index in [4.69, 9.17) is 4.74 Å². The van der Waals surface area contributed by atoms with Gasteiger partial charge in [-0.25, -0.2) is 4.39 Å². The van der Waals surface area contributed by atoms with Gasteiger partial charge in [0.25, 0.3) is 0 Å². The Labute approximate surface area is 155 Å². The summed E-state index contributed by atoms with van der Waals surface area (Å²) in [6.45, 7) is 5.70. The highest BCUT2D eigenvalue weighted by molar-refractivity contribution is 5.21. The molecular formula is C22H27FN2O. The maximum atomic E-state index is 13.6. The molecule has 0 bridgehead atoms. The molecule has 2 aliphatic rings. The van der Waals surface area contributed by atoms with Crippen LogP contribution in [0.4, 0.5) is 4.39 Å². The SMILES string of the molecule is Fc1cccc(C2CCCN2CC2CN(Cc3ccccc3)CCO2)c1. The molecule has 2 aliphatic heterocycles. The zero-order chi connectivity index (χ0) is 17.8. The van der Waals surface area contributed by atoms with Crippen LogP contribution in [-0.2, 0) is 11.3 Å². The van der Waals surface area contributed by atoms with E-state index >= 15 is 0 Å². The van der Waals surface area contributed by atoms with Crippen LogP contribution in [0.3, 0.4) is 0 Å². The predicted octanol–water partition coefficient (Wildman–Crippen LogP) is 3.86. The average molecular weight is 354 g/mol. The van der Waals surface area contributed by atoms with Crippen molar-refractivity contribution in [3.63, 3.8) is 0 Å². The van der Waals surface area contributed by atoms with Gasteiger partial charge in [-0.3, -0.25) is 9.80 Å². The lowest BCUT2D eigenvalue weighted by atomic mass is 10.0. The third-order valence-electron chi connectivity index (χ3n) is 5.51. The van der Waals surface area contributed by atoms with Crippen molar-refractivity contribution in [1.82, 2.24) is 9.80 Å². The molecule has 2 fully saturated rings. The number of halogens is 1. The molecule has 138 valence electrons. The second-order valence-corrected chi connectivity index (χ2v) is 7.42. The van der Waals surface area contributed by atoms with Gasteiger partial charge in [0.05, 0.1) is 12.7 Å². The zero-order valence-electron chi connectivity index (χ0n) is 15.2. The highest BCUT2D eigenvalue weighted by Crippen LogP contribution is 2.32. The van der Waals surface area contributed by atoms with Crippen LogP contribution in [0.1, 0.15) is 30.0 Å². The minimum absolute atomic E-state index is 0.141. The summed E-state index contributed by atoms with van der Waals surface area (Å²) in [6, 6.07) is 18.0. The van der Waals surface area contributed by atoms with Gasteiger partial charge in [0.15, 0.2) is 0 Å². The summed E-state index contributed by atoms with van der Waals surface area (Å²) in [5.74, 6) is -0.141. The van der Waals surface area contributed by atoms with Gasteiger partial charge in [-0.2, -0.15) is 0 Å². The lowest BCUT2D eigenvalue weighted by Gasteiger charge is -2.36. The number of ether oxygens (including phenoxy) is 1. The van der Waals surface area contributed by atoms with Crippen LogP contribution < -0.4 is 0 Å². The van der Waals surface area contributed by atoms with Crippen LogP contribution >= 0.6 is 0 Å². The van der Waals surface area contributed by atoms with Crippen molar-refractivity contribution in [2.45, 2.75) is 31.5 Å². The van der Waals surface area contributed by atoms with Gasteiger partial charge in [0.2, 0.25) is 0 Å². The molecule has 2 aromatic rings. The van der Waals surface area contributed by atoms with Crippen LogP contribution in [0.2, 0.25) is 0 Å². The summed E-state index contributed by atoms with van der Waals surface area (Å²) in [5.41, 5.74) is 2.45. The molecule has 0 aromatic heterocycles. The first-order valence-electron chi connectivity index (χ1n) is 9.65. The molecular weight excluding hydrogens is 327 g/mol. The van der Waals surface area contributed by atoms with Gasteiger partial charge in [0, 0.05) is 32.2 Å².